The molecule has 4 heterocycles. The second kappa shape index (κ2) is 6.30. The van der Waals surface area contributed by atoms with Crippen molar-refractivity contribution < 1.29 is 9.59 Å². The maximum atomic E-state index is 13.2. The molecule has 7 heteroatoms. The highest BCUT2D eigenvalue weighted by Gasteiger charge is 2.24. The topological polar surface area (TPSA) is 74.2 Å². The minimum atomic E-state index is -0.276. The SMILES string of the molecule is Cc1cc(C)n(C(=O)c2cc(C(=O)n3nc(C)cc3C)n3c(C)cccc23)n1. The second-order valence-corrected chi connectivity index (χ2v) is 7.12. The first-order chi connectivity index (χ1) is 13.3. The van der Waals surface area contributed by atoms with E-state index in [-0.39, 0.29) is 11.8 Å². The zero-order chi connectivity index (χ0) is 20.2. The van der Waals surface area contributed by atoms with Gasteiger partial charge in [-0.15, -0.1) is 0 Å². The fraction of sp³-hybridized carbons (Fsp3) is 0.238. The van der Waals surface area contributed by atoms with E-state index < -0.39 is 0 Å². The summed E-state index contributed by atoms with van der Waals surface area (Å²) in [4.78, 5) is 26.4. The van der Waals surface area contributed by atoms with Crippen LogP contribution in [0.5, 0.6) is 0 Å². The van der Waals surface area contributed by atoms with Crippen LogP contribution >= 0.6 is 0 Å². The average Bonchev–Trinajstić information content (AvgIpc) is 3.29. The lowest BCUT2D eigenvalue weighted by Gasteiger charge is -2.07. The third-order valence-corrected chi connectivity index (χ3v) is 4.84. The molecule has 0 aromatic carbocycles. The summed E-state index contributed by atoms with van der Waals surface area (Å²) >= 11 is 0. The lowest BCUT2D eigenvalue weighted by molar-refractivity contribution is 0.0935. The Labute approximate surface area is 162 Å². The molecule has 0 unspecified atom stereocenters. The number of carbonyl (C=O) groups is 2. The highest BCUT2D eigenvalue weighted by atomic mass is 16.2. The molecule has 7 nitrogen and oxygen atoms in total. The zero-order valence-corrected chi connectivity index (χ0v) is 16.5. The van der Waals surface area contributed by atoms with Gasteiger partial charge in [-0.1, -0.05) is 6.07 Å². The first-order valence-electron chi connectivity index (χ1n) is 9.05. The van der Waals surface area contributed by atoms with Gasteiger partial charge in [-0.25, -0.2) is 4.68 Å². The molecule has 0 aliphatic rings. The van der Waals surface area contributed by atoms with Crippen LogP contribution in [0.4, 0.5) is 0 Å². The van der Waals surface area contributed by atoms with Crippen LogP contribution in [0.3, 0.4) is 0 Å². The van der Waals surface area contributed by atoms with Crippen LogP contribution in [-0.4, -0.2) is 35.8 Å². The summed E-state index contributed by atoms with van der Waals surface area (Å²) in [5, 5.41) is 8.60. The number of rotatable bonds is 2. The lowest BCUT2D eigenvalue weighted by Crippen LogP contribution is -2.18. The van der Waals surface area contributed by atoms with Crippen molar-refractivity contribution in [3.05, 3.63) is 76.1 Å². The van der Waals surface area contributed by atoms with Gasteiger partial charge in [0.15, 0.2) is 0 Å². The van der Waals surface area contributed by atoms with E-state index in [0.717, 1.165) is 28.5 Å². The van der Waals surface area contributed by atoms with Crippen LogP contribution in [0.2, 0.25) is 0 Å². The van der Waals surface area contributed by atoms with Crippen molar-refractivity contribution in [2.24, 2.45) is 0 Å². The number of pyridine rings is 1. The molecular formula is C21H21N5O2. The largest absolute Gasteiger partial charge is 0.309 e. The zero-order valence-electron chi connectivity index (χ0n) is 16.5. The van der Waals surface area contributed by atoms with Crippen LogP contribution in [0.15, 0.2) is 36.4 Å². The Balaban J connectivity index is 1.94. The Hall–Kier alpha value is -3.48. The standard InChI is InChI=1S/C21H21N5O2/c1-12-9-15(4)25(22-12)20(27)17-11-19(24-14(3)7-6-8-18(17)24)21(28)26-16(5)10-13(2)23-26/h6-11H,1-5H3. The van der Waals surface area contributed by atoms with Gasteiger partial charge in [0, 0.05) is 17.1 Å². The Morgan fingerprint density at radius 2 is 1.32 bits per heavy atom. The molecule has 0 fully saturated rings. The van der Waals surface area contributed by atoms with E-state index in [2.05, 4.69) is 10.2 Å². The molecule has 0 atom stereocenters. The number of hydrogen-bond donors (Lipinski definition) is 0. The van der Waals surface area contributed by atoms with Crippen molar-refractivity contribution in [3.8, 4) is 0 Å². The van der Waals surface area contributed by atoms with Crippen molar-refractivity contribution in [2.75, 3.05) is 0 Å². The van der Waals surface area contributed by atoms with E-state index in [1.807, 2.05) is 65.0 Å². The molecule has 0 saturated carbocycles. The van der Waals surface area contributed by atoms with Gasteiger partial charge in [0.25, 0.3) is 11.8 Å². The van der Waals surface area contributed by atoms with Gasteiger partial charge in [-0.3, -0.25) is 9.59 Å². The highest BCUT2D eigenvalue weighted by Crippen LogP contribution is 2.22. The number of nitrogens with zero attached hydrogens (tertiary/aromatic N) is 5. The average molecular weight is 375 g/mol. The molecule has 0 aliphatic carbocycles. The predicted octanol–water partition coefficient (Wildman–Crippen LogP) is 3.25. The third-order valence-electron chi connectivity index (χ3n) is 4.84. The normalized spacial score (nSPS) is 11.3. The smallest absolute Gasteiger partial charge is 0.295 e. The lowest BCUT2D eigenvalue weighted by atomic mass is 10.2. The minimum Gasteiger partial charge on any atom is -0.309 e. The summed E-state index contributed by atoms with van der Waals surface area (Å²) in [6, 6.07) is 11.0. The molecule has 0 N–H and O–H groups in total. The Morgan fingerprint density at radius 3 is 1.86 bits per heavy atom. The number of aromatic nitrogens is 5. The van der Waals surface area contributed by atoms with Gasteiger partial charge >= 0.3 is 0 Å². The molecule has 0 spiro atoms. The number of fused-ring (bicyclic) bond motifs is 1. The summed E-state index contributed by atoms with van der Waals surface area (Å²) < 4.78 is 4.56. The van der Waals surface area contributed by atoms with Gasteiger partial charge in [-0.05, 0) is 65.0 Å². The summed E-state index contributed by atoms with van der Waals surface area (Å²) in [5.41, 5.74) is 5.38. The van der Waals surface area contributed by atoms with Gasteiger partial charge in [0.2, 0.25) is 0 Å². The van der Waals surface area contributed by atoms with Crippen LogP contribution in [0, 0.1) is 34.6 Å². The van der Waals surface area contributed by atoms with Gasteiger partial charge in [-0.2, -0.15) is 14.9 Å². The van der Waals surface area contributed by atoms with Gasteiger partial charge in [0.1, 0.15) is 5.69 Å². The van der Waals surface area contributed by atoms with E-state index in [1.54, 1.807) is 10.5 Å². The van der Waals surface area contributed by atoms with Gasteiger partial charge in [0.05, 0.1) is 22.5 Å². The van der Waals surface area contributed by atoms with Crippen molar-refractivity contribution in [1.29, 1.82) is 0 Å². The monoisotopic (exact) mass is 375 g/mol. The molecule has 0 bridgehead atoms. The molecule has 0 radical (unpaired) electrons. The summed E-state index contributed by atoms with van der Waals surface area (Å²) in [6.07, 6.45) is 0. The molecule has 0 saturated heterocycles. The maximum absolute atomic E-state index is 13.2. The second-order valence-electron chi connectivity index (χ2n) is 7.12. The fourth-order valence-corrected chi connectivity index (χ4v) is 3.64. The Kier molecular flexibility index (Phi) is 4.03. The number of carbonyl (C=O) groups excluding carboxylic acids is 2. The molecule has 4 aromatic heterocycles. The number of aryl methyl sites for hydroxylation is 5. The van der Waals surface area contributed by atoms with Crippen molar-refractivity contribution >= 4 is 17.3 Å². The van der Waals surface area contributed by atoms with Crippen LogP contribution in [0.25, 0.3) is 5.52 Å². The van der Waals surface area contributed by atoms with Crippen LogP contribution in [0.1, 0.15) is 49.3 Å². The third kappa shape index (κ3) is 2.67. The molecule has 142 valence electrons. The van der Waals surface area contributed by atoms with Gasteiger partial charge < -0.3 is 4.40 Å². The van der Waals surface area contributed by atoms with Crippen molar-refractivity contribution in [3.63, 3.8) is 0 Å². The highest BCUT2D eigenvalue weighted by molar-refractivity contribution is 6.06. The fourth-order valence-electron chi connectivity index (χ4n) is 3.64. The molecular weight excluding hydrogens is 354 g/mol. The molecule has 0 aliphatic heterocycles. The Bertz CT molecular complexity index is 1260. The molecule has 28 heavy (non-hydrogen) atoms. The van der Waals surface area contributed by atoms with E-state index in [9.17, 15) is 9.59 Å². The first kappa shape index (κ1) is 17.9. The van der Waals surface area contributed by atoms with E-state index >= 15 is 0 Å². The summed E-state index contributed by atoms with van der Waals surface area (Å²) in [5.74, 6) is -0.538. The molecule has 4 aromatic rings. The quantitative estimate of drug-likeness (QED) is 0.539. The van der Waals surface area contributed by atoms with Crippen molar-refractivity contribution in [2.45, 2.75) is 34.6 Å². The van der Waals surface area contributed by atoms with Crippen LogP contribution < -0.4 is 0 Å². The van der Waals surface area contributed by atoms with E-state index in [1.165, 1.54) is 9.36 Å². The Morgan fingerprint density at radius 1 is 0.750 bits per heavy atom. The van der Waals surface area contributed by atoms with Crippen molar-refractivity contribution in [1.82, 2.24) is 24.0 Å². The minimum absolute atomic E-state index is 0.263. The van der Waals surface area contributed by atoms with E-state index in [4.69, 9.17) is 0 Å². The van der Waals surface area contributed by atoms with E-state index in [0.29, 0.717) is 16.8 Å². The number of hydrogen-bond acceptors (Lipinski definition) is 4. The molecule has 4 rings (SSSR count). The molecule has 0 amide bonds. The summed E-state index contributed by atoms with van der Waals surface area (Å²) in [7, 11) is 0. The summed E-state index contributed by atoms with van der Waals surface area (Å²) in [6.45, 7) is 9.26. The maximum Gasteiger partial charge on any atom is 0.295 e. The first-order valence-corrected chi connectivity index (χ1v) is 9.05. The predicted molar refractivity (Wildman–Crippen MR) is 105 cm³/mol. The van der Waals surface area contributed by atoms with Crippen LogP contribution in [-0.2, 0) is 0 Å².